The Morgan fingerprint density at radius 2 is 1.95 bits per heavy atom. The molecule has 0 aliphatic carbocycles. The first kappa shape index (κ1) is 17.9. The van der Waals surface area contributed by atoms with E-state index >= 15 is 0 Å². The van der Waals surface area contributed by atoms with E-state index in [2.05, 4.69) is 5.32 Å². The van der Waals surface area contributed by atoms with Crippen LogP contribution >= 0.6 is 0 Å². The molecule has 1 N–H and O–H groups in total. The molecule has 20 heavy (non-hydrogen) atoms. The zero-order valence-corrected chi connectivity index (χ0v) is 13.8. The first-order valence-corrected chi connectivity index (χ1v) is 9.41. The summed E-state index contributed by atoms with van der Waals surface area (Å²) in [5.74, 6) is 0.488. The Morgan fingerprint density at radius 3 is 2.45 bits per heavy atom. The fourth-order valence-corrected chi connectivity index (χ4v) is 3.82. The molecule has 5 nitrogen and oxygen atoms in total. The smallest absolute Gasteiger partial charge is 0.150 e. The Hall–Kier alpha value is -0.170. The first-order valence-electron chi connectivity index (χ1n) is 7.59. The standard InChI is InChI=1S/C14H29NO4S/c1-4-19-14(8-10-18-11-9-14)13(15-3)7-6-12-20(16,17)5-2/h13,15H,4-12H2,1-3H3. The number of rotatable bonds is 9. The molecule has 0 radical (unpaired) electrons. The summed E-state index contributed by atoms with van der Waals surface area (Å²) < 4.78 is 34.6. The van der Waals surface area contributed by atoms with Crippen LogP contribution in [0.3, 0.4) is 0 Å². The lowest BCUT2D eigenvalue weighted by Gasteiger charge is -2.43. The largest absolute Gasteiger partial charge is 0.381 e. The van der Waals surface area contributed by atoms with Gasteiger partial charge < -0.3 is 14.8 Å². The number of ether oxygens (including phenoxy) is 2. The van der Waals surface area contributed by atoms with Gasteiger partial charge in [-0.1, -0.05) is 6.92 Å². The monoisotopic (exact) mass is 307 g/mol. The third kappa shape index (κ3) is 4.98. The van der Waals surface area contributed by atoms with Gasteiger partial charge in [0.2, 0.25) is 0 Å². The lowest BCUT2D eigenvalue weighted by atomic mass is 9.83. The molecule has 1 fully saturated rings. The minimum Gasteiger partial charge on any atom is -0.381 e. The van der Waals surface area contributed by atoms with Crippen molar-refractivity contribution >= 4 is 9.84 Å². The minimum atomic E-state index is -2.88. The lowest BCUT2D eigenvalue weighted by molar-refractivity contribution is -0.126. The van der Waals surface area contributed by atoms with Crippen molar-refractivity contribution in [3.05, 3.63) is 0 Å². The highest BCUT2D eigenvalue weighted by atomic mass is 32.2. The van der Waals surface area contributed by atoms with Crippen LogP contribution in [-0.2, 0) is 19.3 Å². The molecule has 1 saturated heterocycles. The molecule has 1 unspecified atom stereocenters. The average molecular weight is 307 g/mol. The van der Waals surface area contributed by atoms with Crippen LogP contribution in [0, 0.1) is 0 Å². The SMILES string of the molecule is CCOC1(C(CCCS(=O)(=O)CC)NC)CCOCC1. The van der Waals surface area contributed by atoms with Crippen molar-refractivity contribution < 1.29 is 17.9 Å². The van der Waals surface area contributed by atoms with Crippen LogP contribution in [0.4, 0.5) is 0 Å². The summed E-state index contributed by atoms with van der Waals surface area (Å²) in [7, 11) is -0.954. The Bertz CT molecular complexity index is 358. The molecule has 0 saturated carbocycles. The van der Waals surface area contributed by atoms with Gasteiger partial charge in [-0.2, -0.15) is 0 Å². The number of hydrogen-bond donors (Lipinski definition) is 1. The molecule has 0 amide bonds. The zero-order valence-electron chi connectivity index (χ0n) is 13.0. The third-order valence-electron chi connectivity index (χ3n) is 4.14. The number of hydrogen-bond acceptors (Lipinski definition) is 5. The lowest BCUT2D eigenvalue weighted by Crippen LogP contribution is -2.54. The Kier molecular flexibility index (Phi) is 7.43. The van der Waals surface area contributed by atoms with E-state index in [1.165, 1.54) is 0 Å². The van der Waals surface area contributed by atoms with Crippen LogP contribution in [0.15, 0.2) is 0 Å². The van der Waals surface area contributed by atoms with Gasteiger partial charge in [-0.3, -0.25) is 0 Å². The molecule has 0 spiro atoms. The zero-order chi connectivity index (χ0) is 15.1. The topological polar surface area (TPSA) is 64.6 Å². The fraction of sp³-hybridized carbons (Fsp3) is 1.00. The summed E-state index contributed by atoms with van der Waals surface area (Å²) in [4.78, 5) is 0. The molecule has 0 bridgehead atoms. The Morgan fingerprint density at radius 1 is 1.30 bits per heavy atom. The van der Waals surface area contributed by atoms with Crippen molar-refractivity contribution in [3.8, 4) is 0 Å². The number of sulfone groups is 1. The second-order valence-electron chi connectivity index (χ2n) is 5.33. The molecule has 0 aromatic carbocycles. The van der Waals surface area contributed by atoms with E-state index in [1.54, 1.807) is 6.92 Å². The second-order valence-corrected chi connectivity index (χ2v) is 7.80. The molecule has 1 heterocycles. The molecule has 0 aromatic rings. The van der Waals surface area contributed by atoms with E-state index in [0.29, 0.717) is 26.2 Å². The summed E-state index contributed by atoms with van der Waals surface area (Å²) in [6.07, 6.45) is 3.23. The predicted octanol–water partition coefficient (Wildman–Crippen LogP) is 1.37. The second kappa shape index (κ2) is 8.32. The summed E-state index contributed by atoms with van der Waals surface area (Å²) in [5.41, 5.74) is -0.211. The van der Waals surface area contributed by atoms with Gasteiger partial charge in [0.15, 0.2) is 0 Å². The molecule has 1 rings (SSSR count). The van der Waals surface area contributed by atoms with Crippen molar-refractivity contribution in [3.63, 3.8) is 0 Å². The van der Waals surface area contributed by atoms with E-state index in [-0.39, 0.29) is 23.1 Å². The summed E-state index contributed by atoms with van der Waals surface area (Å²) in [5, 5.41) is 3.33. The van der Waals surface area contributed by atoms with E-state index in [9.17, 15) is 8.42 Å². The molecule has 120 valence electrons. The molecule has 0 aromatic heterocycles. The van der Waals surface area contributed by atoms with Crippen LogP contribution in [0.1, 0.15) is 39.5 Å². The summed E-state index contributed by atoms with van der Waals surface area (Å²) >= 11 is 0. The van der Waals surface area contributed by atoms with Crippen LogP contribution < -0.4 is 5.32 Å². The highest BCUT2D eigenvalue weighted by Gasteiger charge is 2.40. The minimum absolute atomic E-state index is 0.179. The van der Waals surface area contributed by atoms with Crippen LogP contribution in [-0.4, -0.2) is 58.4 Å². The van der Waals surface area contributed by atoms with Gasteiger partial charge >= 0.3 is 0 Å². The summed E-state index contributed by atoms with van der Waals surface area (Å²) in [6.45, 7) is 5.80. The fourth-order valence-electron chi connectivity index (χ4n) is 2.92. The van der Waals surface area contributed by atoms with Gasteiger partial charge in [0, 0.05) is 44.5 Å². The number of likely N-dealkylation sites (N-methyl/N-ethyl adjacent to an activating group) is 1. The van der Waals surface area contributed by atoms with Gasteiger partial charge in [0.05, 0.1) is 11.4 Å². The van der Waals surface area contributed by atoms with Gasteiger partial charge in [0.1, 0.15) is 9.84 Å². The van der Waals surface area contributed by atoms with Crippen LogP contribution in [0.5, 0.6) is 0 Å². The average Bonchev–Trinajstić information content (AvgIpc) is 2.45. The van der Waals surface area contributed by atoms with Gasteiger partial charge in [-0.15, -0.1) is 0 Å². The molecule has 1 aliphatic rings. The maximum absolute atomic E-state index is 11.6. The van der Waals surface area contributed by atoms with E-state index in [4.69, 9.17) is 9.47 Å². The van der Waals surface area contributed by atoms with E-state index in [1.807, 2.05) is 14.0 Å². The normalized spacial score (nSPS) is 20.8. The maximum Gasteiger partial charge on any atom is 0.150 e. The van der Waals surface area contributed by atoms with Crippen LogP contribution in [0.2, 0.25) is 0 Å². The molecule has 6 heteroatoms. The van der Waals surface area contributed by atoms with E-state index < -0.39 is 9.84 Å². The number of nitrogens with one attached hydrogen (secondary N) is 1. The van der Waals surface area contributed by atoms with Crippen molar-refractivity contribution in [2.24, 2.45) is 0 Å². The van der Waals surface area contributed by atoms with Gasteiger partial charge in [-0.05, 0) is 26.8 Å². The molecule has 1 aliphatic heterocycles. The highest BCUT2D eigenvalue weighted by Crippen LogP contribution is 2.31. The van der Waals surface area contributed by atoms with Crippen molar-refractivity contribution in [2.45, 2.75) is 51.2 Å². The molecular weight excluding hydrogens is 278 g/mol. The summed E-state index contributed by atoms with van der Waals surface area (Å²) in [6, 6.07) is 0.179. The quantitative estimate of drug-likeness (QED) is 0.697. The highest BCUT2D eigenvalue weighted by molar-refractivity contribution is 7.91. The predicted molar refractivity (Wildman–Crippen MR) is 80.8 cm³/mol. The third-order valence-corrected chi connectivity index (χ3v) is 5.93. The molecule has 1 atom stereocenters. The van der Waals surface area contributed by atoms with Crippen LogP contribution in [0.25, 0.3) is 0 Å². The van der Waals surface area contributed by atoms with E-state index in [0.717, 1.165) is 19.3 Å². The van der Waals surface area contributed by atoms with Crippen molar-refractivity contribution in [2.75, 3.05) is 38.4 Å². The van der Waals surface area contributed by atoms with Gasteiger partial charge in [-0.25, -0.2) is 8.42 Å². The maximum atomic E-state index is 11.6. The molecular formula is C14H29NO4S. The Balaban J connectivity index is 2.61. The van der Waals surface area contributed by atoms with Crippen molar-refractivity contribution in [1.29, 1.82) is 0 Å². The Labute approximate surface area is 123 Å². The van der Waals surface area contributed by atoms with Crippen molar-refractivity contribution in [1.82, 2.24) is 5.32 Å². The van der Waals surface area contributed by atoms with Gasteiger partial charge in [0.25, 0.3) is 0 Å². The first-order chi connectivity index (χ1) is 9.49.